The number of amides is 2. The third kappa shape index (κ3) is 4.78. The third-order valence-electron chi connectivity index (χ3n) is 5.31. The van der Waals surface area contributed by atoms with Gasteiger partial charge in [-0.3, -0.25) is 14.6 Å². The SMILES string of the molecule is O=C1CC[C@@H](CN(Cc2ccncc2)C(=O)[C@H](O)C2CCCCC2)N1. The number of aromatic nitrogens is 1. The first-order valence-electron chi connectivity index (χ1n) is 9.28. The molecule has 136 valence electrons. The Morgan fingerprint density at radius 2 is 1.96 bits per heavy atom. The molecule has 2 heterocycles. The van der Waals surface area contributed by atoms with Gasteiger partial charge < -0.3 is 15.3 Å². The molecule has 1 saturated heterocycles. The van der Waals surface area contributed by atoms with Gasteiger partial charge in [0.15, 0.2) is 0 Å². The van der Waals surface area contributed by atoms with Crippen LogP contribution in [-0.2, 0) is 16.1 Å². The number of hydrogen-bond donors (Lipinski definition) is 2. The van der Waals surface area contributed by atoms with Gasteiger partial charge in [0, 0.05) is 37.9 Å². The standard InChI is InChI=1S/C19H27N3O3/c23-17-7-6-16(21-17)13-22(12-14-8-10-20-11-9-14)19(25)18(24)15-4-2-1-3-5-15/h8-11,15-16,18,24H,1-7,12-13H2,(H,21,23)/t16-,18+/m0/s1. The van der Waals surface area contributed by atoms with Crippen LogP contribution in [0.3, 0.4) is 0 Å². The molecule has 6 nitrogen and oxygen atoms in total. The number of carbonyl (C=O) groups is 2. The average molecular weight is 345 g/mol. The zero-order valence-electron chi connectivity index (χ0n) is 14.6. The minimum Gasteiger partial charge on any atom is -0.383 e. The minimum absolute atomic E-state index is 0.0307. The lowest BCUT2D eigenvalue weighted by Crippen LogP contribution is -2.47. The third-order valence-corrected chi connectivity index (χ3v) is 5.31. The Labute approximate surface area is 148 Å². The Hall–Kier alpha value is -1.95. The van der Waals surface area contributed by atoms with Crippen LogP contribution in [0.15, 0.2) is 24.5 Å². The summed E-state index contributed by atoms with van der Waals surface area (Å²) < 4.78 is 0. The first-order chi connectivity index (χ1) is 12.1. The molecule has 1 aromatic heterocycles. The highest BCUT2D eigenvalue weighted by Crippen LogP contribution is 2.27. The molecule has 1 aliphatic heterocycles. The van der Waals surface area contributed by atoms with Crippen LogP contribution in [0.4, 0.5) is 0 Å². The van der Waals surface area contributed by atoms with Crippen LogP contribution in [0.25, 0.3) is 0 Å². The molecule has 2 aliphatic rings. The van der Waals surface area contributed by atoms with E-state index in [-0.39, 0.29) is 23.8 Å². The van der Waals surface area contributed by atoms with Gasteiger partial charge in [0.05, 0.1) is 0 Å². The fraction of sp³-hybridized carbons (Fsp3) is 0.632. The number of aliphatic hydroxyl groups is 1. The van der Waals surface area contributed by atoms with Crippen molar-refractivity contribution in [3.8, 4) is 0 Å². The lowest BCUT2D eigenvalue weighted by atomic mass is 9.84. The maximum atomic E-state index is 13.0. The topological polar surface area (TPSA) is 82.5 Å². The zero-order valence-corrected chi connectivity index (χ0v) is 14.6. The quantitative estimate of drug-likeness (QED) is 0.821. The molecule has 25 heavy (non-hydrogen) atoms. The summed E-state index contributed by atoms with van der Waals surface area (Å²) in [6, 6.07) is 3.72. The highest BCUT2D eigenvalue weighted by atomic mass is 16.3. The van der Waals surface area contributed by atoms with Gasteiger partial charge in [-0.05, 0) is 42.9 Å². The van der Waals surface area contributed by atoms with E-state index in [2.05, 4.69) is 10.3 Å². The van der Waals surface area contributed by atoms with Crippen LogP contribution in [0, 0.1) is 5.92 Å². The van der Waals surface area contributed by atoms with E-state index in [1.165, 1.54) is 6.42 Å². The zero-order chi connectivity index (χ0) is 17.6. The van der Waals surface area contributed by atoms with Crippen molar-refractivity contribution in [2.75, 3.05) is 6.54 Å². The lowest BCUT2D eigenvalue weighted by Gasteiger charge is -2.32. The van der Waals surface area contributed by atoms with Crippen molar-refractivity contribution in [2.45, 2.75) is 63.6 Å². The van der Waals surface area contributed by atoms with Crippen molar-refractivity contribution in [2.24, 2.45) is 5.92 Å². The van der Waals surface area contributed by atoms with Gasteiger partial charge >= 0.3 is 0 Å². The van der Waals surface area contributed by atoms with Gasteiger partial charge in [-0.1, -0.05) is 19.3 Å². The van der Waals surface area contributed by atoms with Gasteiger partial charge in [0.2, 0.25) is 5.91 Å². The van der Waals surface area contributed by atoms with Crippen LogP contribution >= 0.6 is 0 Å². The number of rotatable bonds is 6. The molecule has 0 aromatic carbocycles. The van der Waals surface area contributed by atoms with Crippen molar-refractivity contribution >= 4 is 11.8 Å². The second-order valence-corrected chi connectivity index (χ2v) is 7.22. The molecule has 0 unspecified atom stereocenters. The van der Waals surface area contributed by atoms with E-state index in [4.69, 9.17) is 0 Å². The molecule has 2 fully saturated rings. The number of nitrogens with zero attached hydrogens (tertiary/aromatic N) is 2. The summed E-state index contributed by atoms with van der Waals surface area (Å²) in [4.78, 5) is 30.1. The fourth-order valence-electron chi connectivity index (χ4n) is 3.86. The molecular weight excluding hydrogens is 318 g/mol. The van der Waals surface area contributed by atoms with Crippen molar-refractivity contribution in [1.82, 2.24) is 15.2 Å². The van der Waals surface area contributed by atoms with Gasteiger partial charge in [0.1, 0.15) is 6.10 Å². The van der Waals surface area contributed by atoms with Crippen LogP contribution in [0.1, 0.15) is 50.5 Å². The number of pyridine rings is 1. The summed E-state index contributed by atoms with van der Waals surface area (Å²) in [6.07, 6.45) is 8.87. The molecule has 2 amide bonds. The minimum atomic E-state index is -0.945. The van der Waals surface area contributed by atoms with Crippen molar-refractivity contribution in [3.05, 3.63) is 30.1 Å². The Balaban J connectivity index is 1.69. The van der Waals surface area contributed by atoms with E-state index in [0.29, 0.717) is 19.5 Å². The molecule has 2 atom stereocenters. The lowest BCUT2D eigenvalue weighted by molar-refractivity contribution is -0.145. The number of hydrogen-bond acceptors (Lipinski definition) is 4. The summed E-state index contributed by atoms with van der Waals surface area (Å²) in [7, 11) is 0. The summed E-state index contributed by atoms with van der Waals surface area (Å²) in [5.41, 5.74) is 0.975. The van der Waals surface area contributed by atoms with Gasteiger partial charge in [-0.15, -0.1) is 0 Å². The van der Waals surface area contributed by atoms with Crippen LogP contribution < -0.4 is 5.32 Å². The molecule has 0 bridgehead atoms. The second-order valence-electron chi connectivity index (χ2n) is 7.22. The van der Waals surface area contributed by atoms with Crippen LogP contribution in [0.5, 0.6) is 0 Å². The Morgan fingerprint density at radius 3 is 2.60 bits per heavy atom. The Kier molecular flexibility index (Phi) is 6.02. The molecule has 0 radical (unpaired) electrons. The van der Waals surface area contributed by atoms with E-state index in [9.17, 15) is 14.7 Å². The maximum absolute atomic E-state index is 13.0. The predicted octanol–water partition coefficient (Wildman–Crippen LogP) is 1.63. The molecule has 2 N–H and O–H groups in total. The highest BCUT2D eigenvalue weighted by Gasteiger charge is 2.33. The number of nitrogens with one attached hydrogen (secondary N) is 1. The first-order valence-corrected chi connectivity index (χ1v) is 9.28. The van der Waals surface area contributed by atoms with Crippen molar-refractivity contribution in [1.29, 1.82) is 0 Å². The first kappa shape index (κ1) is 17.9. The summed E-state index contributed by atoms with van der Waals surface area (Å²) in [5, 5.41) is 13.5. The van der Waals surface area contributed by atoms with E-state index in [1.54, 1.807) is 17.3 Å². The van der Waals surface area contributed by atoms with Crippen molar-refractivity contribution in [3.63, 3.8) is 0 Å². The summed E-state index contributed by atoms with van der Waals surface area (Å²) >= 11 is 0. The van der Waals surface area contributed by atoms with Crippen LogP contribution in [0.2, 0.25) is 0 Å². The van der Waals surface area contributed by atoms with Crippen LogP contribution in [-0.4, -0.2) is 45.5 Å². The highest BCUT2D eigenvalue weighted by molar-refractivity contribution is 5.82. The molecule has 6 heteroatoms. The Bertz CT molecular complexity index is 587. The molecule has 1 aliphatic carbocycles. The van der Waals surface area contributed by atoms with E-state index in [0.717, 1.165) is 37.7 Å². The molecule has 3 rings (SSSR count). The number of carbonyl (C=O) groups excluding carboxylic acids is 2. The predicted molar refractivity (Wildman–Crippen MR) is 93.4 cm³/mol. The normalized spacial score (nSPS) is 22.4. The molecule has 1 saturated carbocycles. The summed E-state index contributed by atoms with van der Waals surface area (Å²) in [6.45, 7) is 0.869. The van der Waals surface area contributed by atoms with Gasteiger partial charge in [-0.25, -0.2) is 0 Å². The molecular formula is C19H27N3O3. The second kappa shape index (κ2) is 8.43. The van der Waals surface area contributed by atoms with Crippen molar-refractivity contribution < 1.29 is 14.7 Å². The van der Waals surface area contributed by atoms with E-state index in [1.807, 2.05) is 12.1 Å². The maximum Gasteiger partial charge on any atom is 0.252 e. The number of aliphatic hydroxyl groups excluding tert-OH is 1. The monoisotopic (exact) mass is 345 g/mol. The van der Waals surface area contributed by atoms with E-state index < -0.39 is 6.10 Å². The largest absolute Gasteiger partial charge is 0.383 e. The van der Waals surface area contributed by atoms with Gasteiger partial charge in [0.25, 0.3) is 5.91 Å². The van der Waals surface area contributed by atoms with Gasteiger partial charge in [-0.2, -0.15) is 0 Å². The smallest absolute Gasteiger partial charge is 0.252 e. The average Bonchev–Trinajstić information content (AvgIpc) is 3.06. The molecule has 0 spiro atoms. The molecule has 1 aromatic rings. The Morgan fingerprint density at radius 1 is 1.24 bits per heavy atom. The van der Waals surface area contributed by atoms with E-state index >= 15 is 0 Å². The summed E-state index contributed by atoms with van der Waals surface area (Å²) in [5.74, 6) is -0.127. The fourth-order valence-corrected chi connectivity index (χ4v) is 3.86.